The summed E-state index contributed by atoms with van der Waals surface area (Å²) in [7, 11) is 0. The van der Waals surface area contributed by atoms with Crippen molar-refractivity contribution >= 4 is 44.1 Å². The van der Waals surface area contributed by atoms with Crippen LogP contribution in [0, 0.1) is 6.92 Å². The van der Waals surface area contributed by atoms with Gasteiger partial charge in [0, 0.05) is 10.8 Å². The number of para-hydroxylation sites is 2. The third kappa shape index (κ3) is 2.90. The average Bonchev–Trinajstić information content (AvgIpc) is 3.39. The number of hydrogen-bond acceptors (Lipinski definition) is 5. The molecule has 3 heterocycles. The molecule has 0 saturated carbocycles. The molecule has 2 aromatic carbocycles. The lowest BCUT2D eigenvalue weighted by Crippen LogP contribution is -1.95. The van der Waals surface area contributed by atoms with E-state index in [0.717, 1.165) is 27.1 Å². The van der Waals surface area contributed by atoms with Gasteiger partial charge in [-0.1, -0.05) is 36.4 Å². The predicted molar refractivity (Wildman–Crippen MR) is 112 cm³/mol. The van der Waals surface area contributed by atoms with Crippen LogP contribution in [0.2, 0.25) is 0 Å². The lowest BCUT2D eigenvalue weighted by Gasteiger charge is -2.00. The number of hydrogen-bond donors (Lipinski definition) is 2. The minimum absolute atomic E-state index is 0.116. The Morgan fingerprint density at radius 3 is 2.69 bits per heavy atom. The zero-order valence-corrected chi connectivity index (χ0v) is 16.1. The second-order valence-electron chi connectivity index (χ2n) is 6.54. The van der Waals surface area contributed by atoms with Crippen molar-refractivity contribution in [2.75, 3.05) is 0 Å². The Morgan fingerprint density at radius 2 is 1.86 bits per heavy atom. The molecule has 1 amide bonds. The van der Waals surface area contributed by atoms with E-state index in [-0.39, 0.29) is 11.6 Å². The molecule has 0 spiro atoms. The predicted octanol–water partition coefficient (Wildman–Crippen LogP) is 5.51. The number of H-pyrrole nitrogens is 1. The quantitative estimate of drug-likeness (QED) is 0.390. The van der Waals surface area contributed by atoms with Crippen molar-refractivity contribution in [3.63, 3.8) is 0 Å². The molecular weight excluding hydrogens is 386 g/mol. The van der Waals surface area contributed by atoms with Crippen LogP contribution in [0.3, 0.4) is 0 Å². The van der Waals surface area contributed by atoms with Crippen molar-refractivity contribution in [2.45, 2.75) is 6.92 Å². The van der Waals surface area contributed by atoms with Crippen LogP contribution in [-0.2, 0) is 0 Å². The van der Waals surface area contributed by atoms with Crippen LogP contribution in [0.1, 0.15) is 15.4 Å². The second-order valence-corrected chi connectivity index (χ2v) is 7.57. The maximum Gasteiger partial charge on any atom is 0.305 e. The van der Waals surface area contributed by atoms with Crippen LogP contribution >= 0.6 is 11.3 Å². The summed E-state index contributed by atoms with van der Waals surface area (Å²) in [4.78, 5) is 16.8. The monoisotopic (exact) mass is 401 g/mol. The Kier molecular flexibility index (Phi) is 3.99. The largest absolute Gasteiger partial charge is 0.493 e. The Bertz CT molecular complexity index is 1400. The lowest BCUT2D eigenvalue weighted by molar-refractivity contribution is 0.0999. The van der Waals surface area contributed by atoms with Gasteiger partial charge in [0.25, 0.3) is 0 Å². The first-order valence-corrected chi connectivity index (χ1v) is 9.74. The van der Waals surface area contributed by atoms with E-state index in [1.165, 1.54) is 11.3 Å². The minimum Gasteiger partial charge on any atom is -0.493 e. The molecule has 7 nitrogen and oxygen atoms in total. The molecule has 0 aliphatic carbocycles. The number of aryl methyl sites for hydroxylation is 1. The number of aromatic amines is 1. The summed E-state index contributed by atoms with van der Waals surface area (Å²) < 4.78 is 1.83. The van der Waals surface area contributed by atoms with Gasteiger partial charge in [-0.3, -0.25) is 4.79 Å². The van der Waals surface area contributed by atoms with E-state index in [0.29, 0.717) is 10.3 Å². The zero-order chi connectivity index (χ0) is 20.0. The van der Waals surface area contributed by atoms with Gasteiger partial charge in [0.2, 0.25) is 5.88 Å². The summed E-state index contributed by atoms with van der Waals surface area (Å²) in [5.74, 6) is -0.579. The number of azo groups is 1. The molecule has 0 atom stereocenters. The van der Waals surface area contributed by atoms with Crippen molar-refractivity contribution in [2.24, 2.45) is 10.2 Å². The van der Waals surface area contributed by atoms with Crippen LogP contribution in [0.15, 0.2) is 70.9 Å². The van der Waals surface area contributed by atoms with Gasteiger partial charge in [0.15, 0.2) is 5.69 Å². The number of thiophene rings is 1. The van der Waals surface area contributed by atoms with Gasteiger partial charge in [-0.2, -0.15) is 5.10 Å². The fraction of sp³-hybridized carbons (Fsp3) is 0.0476. The first kappa shape index (κ1) is 17.3. The highest BCUT2D eigenvalue weighted by atomic mass is 32.1. The van der Waals surface area contributed by atoms with Gasteiger partial charge in [-0.25, -0.2) is 4.68 Å². The molecular formula is C21H15N5O2S. The normalized spacial score (nSPS) is 11.8. The second kappa shape index (κ2) is 6.68. The molecule has 0 radical (unpaired) electrons. The number of amides is 1. The Hall–Kier alpha value is -3.78. The van der Waals surface area contributed by atoms with E-state index in [2.05, 4.69) is 20.3 Å². The van der Waals surface area contributed by atoms with Gasteiger partial charge in [0.05, 0.1) is 21.8 Å². The third-order valence-corrected chi connectivity index (χ3v) is 5.76. The van der Waals surface area contributed by atoms with E-state index < -0.39 is 5.91 Å². The highest BCUT2D eigenvalue weighted by molar-refractivity contribution is 7.20. The van der Waals surface area contributed by atoms with Crippen molar-refractivity contribution in [3.05, 3.63) is 71.2 Å². The number of aromatic nitrogens is 3. The van der Waals surface area contributed by atoms with Crippen LogP contribution in [0.4, 0.5) is 5.69 Å². The van der Waals surface area contributed by atoms with Gasteiger partial charge < -0.3 is 10.1 Å². The summed E-state index contributed by atoms with van der Waals surface area (Å²) >= 11 is 1.32. The number of nitrogens with one attached hydrogen (secondary N) is 1. The standard InChI is InChI=1S/C21H15N5O2S/c1-12-15-11-17(29-21(15)26(25-12)13-7-3-2-4-8-13)19(27)24-23-18-14-9-5-6-10-16(14)22-20(18)28/h2-11,22,28H,1H3. The van der Waals surface area contributed by atoms with Crippen molar-refractivity contribution in [1.29, 1.82) is 0 Å². The van der Waals surface area contributed by atoms with Crippen molar-refractivity contribution in [1.82, 2.24) is 14.8 Å². The Balaban J connectivity index is 1.52. The first-order valence-electron chi connectivity index (χ1n) is 8.92. The van der Waals surface area contributed by atoms with Crippen molar-refractivity contribution < 1.29 is 9.90 Å². The molecule has 0 fully saturated rings. The summed E-state index contributed by atoms with van der Waals surface area (Å²) in [6.45, 7) is 1.91. The maximum atomic E-state index is 12.6. The number of aromatic hydroxyl groups is 1. The molecule has 5 rings (SSSR count). The number of fused-ring (bicyclic) bond motifs is 2. The highest BCUT2D eigenvalue weighted by Gasteiger charge is 2.17. The Morgan fingerprint density at radius 1 is 1.10 bits per heavy atom. The van der Waals surface area contributed by atoms with Crippen LogP contribution in [-0.4, -0.2) is 25.8 Å². The fourth-order valence-electron chi connectivity index (χ4n) is 3.26. The van der Waals surface area contributed by atoms with E-state index in [1.54, 1.807) is 6.07 Å². The van der Waals surface area contributed by atoms with E-state index >= 15 is 0 Å². The van der Waals surface area contributed by atoms with E-state index in [4.69, 9.17) is 0 Å². The highest BCUT2D eigenvalue weighted by Crippen LogP contribution is 2.36. The average molecular weight is 401 g/mol. The van der Waals surface area contributed by atoms with Crippen LogP contribution in [0.25, 0.3) is 26.8 Å². The molecule has 0 aliphatic rings. The van der Waals surface area contributed by atoms with Gasteiger partial charge in [0.1, 0.15) is 4.83 Å². The molecule has 2 N–H and O–H groups in total. The number of carbonyl (C=O) groups is 1. The number of carbonyl (C=O) groups excluding carboxylic acids is 1. The molecule has 0 saturated heterocycles. The molecule has 0 bridgehead atoms. The van der Waals surface area contributed by atoms with E-state index in [9.17, 15) is 9.90 Å². The number of rotatable bonds is 3. The number of benzene rings is 2. The topological polar surface area (TPSA) is 95.6 Å². The first-order chi connectivity index (χ1) is 14.1. The molecule has 3 aromatic heterocycles. The Labute approximate surface area is 168 Å². The number of nitrogens with zero attached hydrogens (tertiary/aromatic N) is 4. The zero-order valence-electron chi connectivity index (χ0n) is 15.3. The molecule has 29 heavy (non-hydrogen) atoms. The maximum absolute atomic E-state index is 12.6. The summed E-state index contributed by atoms with van der Waals surface area (Å²) in [5.41, 5.74) is 2.75. The SMILES string of the molecule is Cc1nn(-c2ccccc2)c2sc(C(=O)N=Nc3c(O)[nH]c4ccccc34)cc12. The van der Waals surface area contributed by atoms with Gasteiger partial charge in [-0.15, -0.1) is 21.6 Å². The fourth-order valence-corrected chi connectivity index (χ4v) is 4.32. The molecule has 0 aliphatic heterocycles. The third-order valence-electron chi connectivity index (χ3n) is 4.66. The van der Waals surface area contributed by atoms with Crippen LogP contribution < -0.4 is 0 Å². The van der Waals surface area contributed by atoms with Crippen molar-refractivity contribution in [3.8, 4) is 11.6 Å². The van der Waals surface area contributed by atoms with Crippen LogP contribution in [0.5, 0.6) is 5.88 Å². The minimum atomic E-state index is -0.463. The molecule has 0 unspecified atom stereocenters. The molecule has 142 valence electrons. The summed E-state index contributed by atoms with van der Waals surface area (Å²) in [5, 5.41) is 24.1. The summed E-state index contributed by atoms with van der Waals surface area (Å²) in [6, 6.07) is 18.9. The molecule has 8 heteroatoms. The molecule has 5 aromatic rings. The summed E-state index contributed by atoms with van der Waals surface area (Å²) in [6.07, 6.45) is 0. The lowest BCUT2D eigenvalue weighted by atomic mass is 10.2. The van der Waals surface area contributed by atoms with Gasteiger partial charge >= 0.3 is 5.91 Å². The van der Waals surface area contributed by atoms with E-state index in [1.807, 2.05) is 66.2 Å². The van der Waals surface area contributed by atoms with Gasteiger partial charge in [-0.05, 0) is 31.2 Å². The smallest absolute Gasteiger partial charge is 0.305 e.